The third kappa shape index (κ3) is 3.43. The van der Waals surface area contributed by atoms with Crippen LogP contribution in [0.2, 0.25) is 0 Å². The van der Waals surface area contributed by atoms with Crippen LogP contribution in [0.5, 0.6) is 0 Å². The molecule has 1 amide bonds. The van der Waals surface area contributed by atoms with Gasteiger partial charge in [0, 0.05) is 29.6 Å². The number of benzene rings is 2. The lowest BCUT2D eigenvalue weighted by molar-refractivity contribution is -0.384. The third-order valence-corrected chi connectivity index (χ3v) is 4.81. The van der Waals surface area contributed by atoms with Crippen molar-refractivity contribution in [3.05, 3.63) is 70.3 Å². The van der Waals surface area contributed by atoms with Gasteiger partial charge in [-0.05, 0) is 12.1 Å². The van der Waals surface area contributed by atoms with Crippen molar-refractivity contribution in [2.24, 2.45) is 5.10 Å². The summed E-state index contributed by atoms with van der Waals surface area (Å²) in [5.41, 5.74) is 0.817. The van der Waals surface area contributed by atoms with Gasteiger partial charge in [-0.3, -0.25) is 19.7 Å². The lowest BCUT2D eigenvalue weighted by Gasteiger charge is -2.25. The first-order valence-electron chi connectivity index (χ1n) is 7.34. The van der Waals surface area contributed by atoms with Gasteiger partial charge >= 0.3 is 0 Å². The zero-order valence-corrected chi connectivity index (χ0v) is 14.0. The minimum Gasteiger partial charge on any atom is -0.290 e. The Hall–Kier alpha value is -3.00. The molecule has 0 aromatic heterocycles. The molecule has 0 saturated heterocycles. The molecule has 0 N–H and O–H groups in total. The average molecular weight is 355 g/mol. The highest BCUT2D eigenvalue weighted by atomic mass is 32.2. The summed E-state index contributed by atoms with van der Waals surface area (Å²) in [6.07, 6.45) is 0. The number of thioether (sulfide) groups is 1. The molecule has 1 unspecified atom stereocenters. The summed E-state index contributed by atoms with van der Waals surface area (Å²) < 4.78 is 0. The average Bonchev–Trinajstić information content (AvgIpc) is 2.63. The molecule has 7 nitrogen and oxygen atoms in total. The lowest BCUT2D eigenvalue weighted by Crippen LogP contribution is -2.45. The summed E-state index contributed by atoms with van der Waals surface area (Å²) in [7, 11) is 1.50. The molecule has 1 aliphatic heterocycles. The fourth-order valence-electron chi connectivity index (χ4n) is 2.34. The Kier molecular flexibility index (Phi) is 4.62. The van der Waals surface area contributed by atoms with E-state index in [-0.39, 0.29) is 17.2 Å². The van der Waals surface area contributed by atoms with E-state index < -0.39 is 16.1 Å². The number of hydrogen-bond acceptors (Lipinski definition) is 6. The first-order valence-corrected chi connectivity index (χ1v) is 8.22. The smallest absolute Gasteiger partial charge is 0.269 e. The normalized spacial score (nSPS) is 17.4. The molecule has 0 saturated carbocycles. The molecule has 1 aliphatic rings. The van der Waals surface area contributed by atoms with Crippen molar-refractivity contribution in [1.29, 1.82) is 0 Å². The second-order valence-corrected chi connectivity index (χ2v) is 6.47. The molecule has 8 heteroatoms. The van der Waals surface area contributed by atoms with E-state index in [0.29, 0.717) is 10.5 Å². The van der Waals surface area contributed by atoms with Gasteiger partial charge in [0.1, 0.15) is 5.71 Å². The van der Waals surface area contributed by atoms with Crippen LogP contribution in [-0.4, -0.2) is 39.6 Å². The molecule has 2 aromatic rings. The van der Waals surface area contributed by atoms with E-state index in [9.17, 15) is 19.7 Å². The van der Waals surface area contributed by atoms with Crippen molar-refractivity contribution in [2.75, 3.05) is 7.05 Å². The van der Waals surface area contributed by atoms with Crippen LogP contribution >= 0.6 is 11.8 Å². The van der Waals surface area contributed by atoms with Crippen molar-refractivity contribution >= 4 is 34.9 Å². The molecule has 126 valence electrons. The molecular weight excluding hydrogens is 342 g/mol. The molecule has 2 aromatic carbocycles. The van der Waals surface area contributed by atoms with Crippen molar-refractivity contribution in [1.82, 2.24) is 5.01 Å². The quantitative estimate of drug-likeness (QED) is 0.477. The number of non-ortho nitro benzene ring substituents is 1. The maximum absolute atomic E-state index is 12.8. The monoisotopic (exact) mass is 355 g/mol. The number of ketones is 1. The van der Waals surface area contributed by atoms with E-state index in [1.807, 2.05) is 6.07 Å². The number of nitrogens with zero attached hydrogens (tertiary/aromatic N) is 3. The van der Waals surface area contributed by atoms with Crippen molar-refractivity contribution < 1.29 is 14.5 Å². The highest BCUT2D eigenvalue weighted by Crippen LogP contribution is 2.30. The van der Waals surface area contributed by atoms with E-state index in [2.05, 4.69) is 5.10 Å². The van der Waals surface area contributed by atoms with Crippen LogP contribution in [-0.2, 0) is 9.59 Å². The van der Waals surface area contributed by atoms with Gasteiger partial charge in [0.25, 0.3) is 11.6 Å². The second kappa shape index (κ2) is 6.86. The predicted molar refractivity (Wildman–Crippen MR) is 93.5 cm³/mol. The number of hydrogen-bond donors (Lipinski definition) is 0. The molecule has 0 fully saturated rings. The number of carbonyl (C=O) groups is 2. The molecule has 0 radical (unpaired) electrons. The zero-order chi connectivity index (χ0) is 18.0. The van der Waals surface area contributed by atoms with Gasteiger partial charge in [0.2, 0.25) is 5.78 Å². The van der Waals surface area contributed by atoms with Gasteiger partial charge in [-0.15, -0.1) is 11.8 Å². The maximum Gasteiger partial charge on any atom is 0.269 e. The molecule has 0 spiro atoms. The van der Waals surface area contributed by atoms with Crippen LogP contribution in [0.1, 0.15) is 5.56 Å². The van der Waals surface area contributed by atoms with Crippen LogP contribution < -0.4 is 0 Å². The Balaban J connectivity index is 1.88. The Bertz CT molecular complexity index is 865. The highest BCUT2D eigenvalue weighted by Gasteiger charge is 2.38. The Labute approximate surface area is 147 Å². The van der Waals surface area contributed by atoms with Crippen LogP contribution in [0.4, 0.5) is 5.69 Å². The Morgan fingerprint density at radius 2 is 1.72 bits per heavy atom. The summed E-state index contributed by atoms with van der Waals surface area (Å²) in [6.45, 7) is 0. The Morgan fingerprint density at radius 1 is 1.08 bits per heavy atom. The second-order valence-electron chi connectivity index (χ2n) is 5.29. The standard InChI is InChI=1S/C17H13N3O4S/c1-19-17(22)16(25-13-9-7-12(8-10-13)20(23)24)15(21)14(18-19)11-5-3-2-4-6-11/h2-10,16H,1H3. The molecule has 0 aliphatic carbocycles. The van der Waals surface area contributed by atoms with Gasteiger partial charge in [0.15, 0.2) is 5.25 Å². The van der Waals surface area contributed by atoms with Crippen molar-refractivity contribution in [3.8, 4) is 0 Å². The van der Waals surface area contributed by atoms with Gasteiger partial charge in [-0.2, -0.15) is 5.10 Å². The summed E-state index contributed by atoms with van der Waals surface area (Å²) in [6, 6.07) is 14.7. The molecule has 0 bridgehead atoms. The Morgan fingerprint density at radius 3 is 2.32 bits per heavy atom. The van der Waals surface area contributed by atoms with Crippen LogP contribution in [0, 0.1) is 10.1 Å². The molecule has 3 rings (SSSR count). The summed E-state index contributed by atoms with van der Waals surface area (Å²) >= 11 is 1.06. The van der Waals surface area contributed by atoms with Crippen molar-refractivity contribution in [2.45, 2.75) is 10.1 Å². The number of amides is 1. The SMILES string of the molecule is CN1N=C(c2ccccc2)C(=O)C(Sc2ccc([N+](=O)[O-])cc2)C1=O. The van der Waals surface area contributed by atoms with Crippen molar-refractivity contribution in [3.63, 3.8) is 0 Å². The first-order chi connectivity index (χ1) is 12.0. The molecule has 1 heterocycles. The van der Waals surface area contributed by atoms with E-state index in [1.165, 1.54) is 31.3 Å². The highest BCUT2D eigenvalue weighted by molar-refractivity contribution is 8.01. The van der Waals surface area contributed by atoms with E-state index >= 15 is 0 Å². The van der Waals surface area contributed by atoms with E-state index in [1.54, 1.807) is 24.3 Å². The predicted octanol–water partition coefficient (Wildman–Crippen LogP) is 2.50. The zero-order valence-electron chi connectivity index (χ0n) is 13.2. The minimum absolute atomic E-state index is 0.0469. The van der Waals surface area contributed by atoms with Gasteiger partial charge in [-0.25, -0.2) is 5.01 Å². The van der Waals surface area contributed by atoms with Gasteiger partial charge < -0.3 is 0 Å². The fourth-order valence-corrected chi connectivity index (χ4v) is 3.37. The number of nitro groups is 1. The van der Waals surface area contributed by atoms with Gasteiger partial charge in [0.05, 0.1) is 4.92 Å². The number of nitro benzene ring substituents is 1. The van der Waals surface area contributed by atoms with Crippen LogP contribution in [0.15, 0.2) is 64.6 Å². The molecular formula is C17H13N3O4S. The van der Waals surface area contributed by atoms with Crippen LogP contribution in [0.25, 0.3) is 0 Å². The molecule has 1 atom stereocenters. The number of carbonyl (C=O) groups excluding carboxylic acids is 2. The van der Waals surface area contributed by atoms with Gasteiger partial charge in [-0.1, -0.05) is 30.3 Å². The number of hydrazone groups is 1. The molecule has 25 heavy (non-hydrogen) atoms. The van der Waals surface area contributed by atoms with E-state index in [4.69, 9.17) is 0 Å². The largest absolute Gasteiger partial charge is 0.290 e. The fraction of sp³-hybridized carbons (Fsp3) is 0.118. The maximum atomic E-state index is 12.8. The first kappa shape index (κ1) is 16.8. The summed E-state index contributed by atoms with van der Waals surface area (Å²) in [4.78, 5) is 35.9. The number of rotatable bonds is 4. The summed E-state index contributed by atoms with van der Waals surface area (Å²) in [5.74, 6) is -0.800. The third-order valence-electron chi connectivity index (χ3n) is 3.61. The lowest BCUT2D eigenvalue weighted by atomic mass is 10.0. The topological polar surface area (TPSA) is 92.9 Å². The minimum atomic E-state index is -0.973. The summed E-state index contributed by atoms with van der Waals surface area (Å²) in [5, 5.41) is 15.0. The van der Waals surface area contributed by atoms with Crippen LogP contribution in [0.3, 0.4) is 0 Å². The van der Waals surface area contributed by atoms with E-state index in [0.717, 1.165) is 16.8 Å². The number of Topliss-reactive ketones (excluding diaryl/α,β-unsaturated/α-hetero) is 1.